The molecule has 0 spiro atoms. The molecule has 1 heterocycles. The molecule has 1 aromatic rings. The molecular weight excluding hydrogens is 156 g/mol. The van der Waals surface area contributed by atoms with E-state index in [1.54, 1.807) is 0 Å². The van der Waals surface area contributed by atoms with E-state index in [1.807, 2.05) is 20.8 Å². The van der Waals surface area contributed by atoms with Crippen LogP contribution in [0.4, 0.5) is 0 Å². The summed E-state index contributed by atoms with van der Waals surface area (Å²) < 4.78 is 10.4. The highest BCUT2D eigenvalue weighted by molar-refractivity contribution is 4.72. The molecule has 0 amide bonds. The fraction of sp³-hybridized carbons (Fsp3) is 0.750. The van der Waals surface area contributed by atoms with Gasteiger partial charge in [-0.05, 0) is 20.8 Å². The molecule has 0 aliphatic heterocycles. The van der Waals surface area contributed by atoms with Gasteiger partial charge in [-0.15, -0.1) is 10.2 Å². The summed E-state index contributed by atoms with van der Waals surface area (Å²) in [5, 5.41) is 7.30. The van der Waals surface area contributed by atoms with E-state index >= 15 is 0 Å². The van der Waals surface area contributed by atoms with E-state index in [9.17, 15) is 0 Å². The van der Waals surface area contributed by atoms with Gasteiger partial charge >= 0.3 is 0 Å². The summed E-state index contributed by atoms with van der Waals surface area (Å²) in [6.45, 7) is 6.66. The van der Waals surface area contributed by atoms with Crippen LogP contribution in [0.2, 0.25) is 0 Å². The first-order valence-corrected chi connectivity index (χ1v) is 3.97. The van der Waals surface area contributed by atoms with Gasteiger partial charge in [0, 0.05) is 6.42 Å². The van der Waals surface area contributed by atoms with Crippen LogP contribution >= 0.6 is 0 Å². The number of rotatable bonds is 3. The van der Waals surface area contributed by atoms with Crippen LogP contribution in [0.1, 0.15) is 26.7 Å². The lowest BCUT2D eigenvalue weighted by molar-refractivity contribution is -0.00285. The van der Waals surface area contributed by atoms with Crippen LogP contribution in [0.15, 0.2) is 10.8 Å². The molecule has 4 nitrogen and oxygen atoms in total. The number of hydrogen-bond donors (Lipinski definition) is 0. The van der Waals surface area contributed by atoms with Crippen LogP contribution in [0, 0.1) is 0 Å². The highest BCUT2D eigenvalue weighted by Gasteiger charge is 2.10. The van der Waals surface area contributed by atoms with Crippen molar-refractivity contribution >= 4 is 0 Å². The average Bonchev–Trinajstić information content (AvgIpc) is 2.36. The first-order valence-electron chi connectivity index (χ1n) is 3.97. The van der Waals surface area contributed by atoms with Gasteiger partial charge in [0.1, 0.15) is 0 Å². The van der Waals surface area contributed by atoms with Crippen LogP contribution < -0.4 is 0 Å². The molecular formula is C8H14N2O2. The second-order valence-corrected chi connectivity index (χ2v) is 3.54. The third-order valence-corrected chi connectivity index (χ3v) is 1.26. The molecule has 0 aromatic carbocycles. The lowest BCUT2D eigenvalue weighted by Gasteiger charge is -2.18. The molecule has 0 atom stereocenters. The second kappa shape index (κ2) is 3.67. The fourth-order valence-electron chi connectivity index (χ4n) is 0.749. The van der Waals surface area contributed by atoms with Gasteiger partial charge in [0.25, 0.3) is 0 Å². The standard InChI is InChI=1S/C8H14N2O2/c1-8(2,3)12-5-4-7-10-9-6-11-7/h6H,4-5H2,1-3H3. The molecule has 68 valence electrons. The molecule has 0 aliphatic carbocycles. The molecule has 0 saturated carbocycles. The molecule has 1 rings (SSSR count). The Bertz CT molecular complexity index is 213. The van der Waals surface area contributed by atoms with Crippen LogP contribution in [-0.2, 0) is 11.2 Å². The average molecular weight is 170 g/mol. The van der Waals surface area contributed by atoms with E-state index in [2.05, 4.69) is 10.2 Å². The SMILES string of the molecule is CC(C)(C)OCCc1nnco1. The van der Waals surface area contributed by atoms with Gasteiger partial charge in [-0.25, -0.2) is 0 Å². The Hall–Kier alpha value is -0.900. The topological polar surface area (TPSA) is 48.2 Å². The van der Waals surface area contributed by atoms with E-state index in [4.69, 9.17) is 9.15 Å². The molecule has 12 heavy (non-hydrogen) atoms. The van der Waals surface area contributed by atoms with Gasteiger partial charge in [0.05, 0.1) is 12.2 Å². The molecule has 0 N–H and O–H groups in total. The maximum atomic E-state index is 5.47. The zero-order valence-corrected chi connectivity index (χ0v) is 7.70. The monoisotopic (exact) mass is 170 g/mol. The van der Waals surface area contributed by atoms with Gasteiger partial charge in [-0.2, -0.15) is 0 Å². The van der Waals surface area contributed by atoms with Crippen molar-refractivity contribution in [2.24, 2.45) is 0 Å². The quantitative estimate of drug-likeness (QED) is 0.688. The first kappa shape index (κ1) is 9.19. The second-order valence-electron chi connectivity index (χ2n) is 3.54. The van der Waals surface area contributed by atoms with Crippen molar-refractivity contribution in [2.75, 3.05) is 6.61 Å². The Balaban J connectivity index is 2.20. The lowest BCUT2D eigenvalue weighted by atomic mass is 10.2. The summed E-state index contributed by atoms with van der Waals surface area (Å²) in [5.74, 6) is 0.624. The summed E-state index contributed by atoms with van der Waals surface area (Å²) in [6.07, 6.45) is 2.00. The van der Waals surface area contributed by atoms with Crippen molar-refractivity contribution < 1.29 is 9.15 Å². The Labute approximate surface area is 71.9 Å². The Morgan fingerprint density at radius 3 is 2.75 bits per heavy atom. The minimum atomic E-state index is -0.0972. The Morgan fingerprint density at radius 1 is 1.50 bits per heavy atom. The highest BCUT2D eigenvalue weighted by atomic mass is 16.5. The van der Waals surface area contributed by atoms with E-state index in [1.165, 1.54) is 6.39 Å². The van der Waals surface area contributed by atoms with E-state index < -0.39 is 0 Å². The molecule has 0 bridgehead atoms. The summed E-state index contributed by atoms with van der Waals surface area (Å²) >= 11 is 0. The minimum Gasteiger partial charge on any atom is -0.428 e. The molecule has 0 saturated heterocycles. The van der Waals surface area contributed by atoms with Crippen molar-refractivity contribution in [3.8, 4) is 0 Å². The van der Waals surface area contributed by atoms with Crippen LogP contribution in [-0.4, -0.2) is 22.4 Å². The zero-order chi connectivity index (χ0) is 9.03. The molecule has 0 aliphatic rings. The third-order valence-electron chi connectivity index (χ3n) is 1.26. The number of aromatic nitrogens is 2. The normalized spacial score (nSPS) is 11.9. The maximum absolute atomic E-state index is 5.47. The van der Waals surface area contributed by atoms with E-state index in [0.717, 1.165) is 0 Å². The Morgan fingerprint density at radius 2 is 2.25 bits per heavy atom. The molecule has 0 fully saturated rings. The molecule has 1 aromatic heterocycles. The summed E-state index contributed by atoms with van der Waals surface area (Å²) in [4.78, 5) is 0. The van der Waals surface area contributed by atoms with Gasteiger partial charge in [-0.1, -0.05) is 0 Å². The summed E-state index contributed by atoms with van der Waals surface area (Å²) in [7, 11) is 0. The predicted molar refractivity (Wildman–Crippen MR) is 43.7 cm³/mol. The number of nitrogens with zero attached hydrogens (tertiary/aromatic N) is 2. The summed E-state index contributed by atoms with van der Waals surface area (Å²) in [6, 6.07) is 0. The van der Waals surface area contributed by atoms with E-state index in [0.29, 0.717) is 18.9 Å². The highest BCUT2D eigenvalue weighted by Crippen LogP contribution is 2.07. The van der Waals surface area contributed by atoms with Crippen molar-refractivity contribution in [3.05, 3.63) is 12.3 Å². The van der Waals surface area contributed by atoms with Crippen LogP contribution in [0.3, 0.4) is 0 Å². The lowest BCUT2D eigenvalue weighted by Crippen LogP contribution is -2.20. The van der Waals surface area contributed by atoms with Gasteiger partial charge < -0.3 is 9.15 Å². The molecule has 0 unspecified atom stereocenters. The van der Waals surface area contributed by atoms with Crippen molar-refractivity contribution in [3.63, 3.8) is 0 Å². The van der Waals surface area contributed by atoms with Gasteiger partial charge in [0.15, 0.2) is 0 Å². The van der Waals surface area contributed by atoms with Crippen molar-refractivity contribution in [1.29, 1.82) is 0 Å². The zero-order valence-electron chi connectivity index (χ0n) is 7.70. The number of hydrogen-bond acceptors (Lipinski definition) is 4. The smallest absolute Gasteiger partial charge is 0.218 e. The minimum absolute atomic E-state index is 0.0972. The molecule has 4 heteroatoms. The van der Waals surface area contributed by atoms with Crippen molar-refractivity contribution in [2.45, 2.75) is 32.8 Å². The van der Waals surface area contributed by atoms with Gasteiger partial charge in [0.2, 0.25) is 12.3 Å². The van der Waals surface area contributed by atoms with Crippen molar-refractivity contribution in [1.82, 2.24) is 10.2 Å². The predicted octanol–water partition coefficient (Wildman–Crippen LogP) is 1.43. The largest absolute Gasteiger partial charge is 0.428 e. The molecule has 0 radical (unpaired) electrons. The summed E-state index contributed by atoms with van der Waals surface area (Å²) in [5.41, 5.74) is -0.0972. The van der Waals surface area contributed by atoms with Crippen LogP contribution in [0.5, 0.6) is 0 Å². The third kappa shape index (κ3) is 3.48. The van der Waals surface area contributed by atoms with E-state index in [-0.39, 0.29) is 5.60 Å². The fourth-order valence-corrected chi connectivity index (χ4v) is 0.749. The van der Waals surface area contributed by atoms with Gasteiger partial charge in [-0.3, -0.25) is 0 Å². The first-order chi connectivity index (χ1) is 5.58. The van der Waals surface area contributed by atoms with Crippen LogP contribution in [0.25, 0.3) is 0 Å². The Kier molecular flexibility index (Phi) is 2.81. The maximum Gasteiger partial charge on any atom is 0.218 e. The number of ether oxygens (including phenoxy) is 1.